The second-order valence-electron chi connectivity index (χ2n) is 6.51. The minimum Gasteiger partial charge on any atom is -0.481 e. The number of amides is 1. The number of carbonyl (C=O) groups is 3. The first-order valence-electron chi connectivity index (χ1n) is 8.82. The van der Waals surface area contributed by atoms with Gasteiger partial charge < -0.3 is 14.7 Å². The van der Waals surface area contributed by atoms with Crippen molar-refractivity contribution in [3.05, 3.63) is 32.9 Å². The highest BCUT2D eigenvalue weighted by Gasteiger charge is 2.26. The summed E-state index contributed by atoms with van der Waals surface area (Å²) in [6.45, 7) is 0.753. The highest BCUT2D eigenvalue weighted by molar-refractivity contribution is 7.17. The molecule has 0 spiro atoms. The Balaban J connectivity index is 1.56. The first-order valence-corrected chi connectivity index (χ1v) is 10.0. The zero-order valence-electron chi connectivity index (χ0n) is 14.9. The van der Waals surface area contributed by atoms with E-state index in [4.69, 9.17) is 21.4 Å². The summed E-state index contributed by atoms with van der Waals surface area (Å²) in [5.41, 5.74) is 0.637. The van der Waals surface area contributed by atoms with Crippen molar-refractivity contribution in [2.75, 3.05) is 13.1 Å². The Morgan fingerprint density at radius 2 is 1.93 bits per heavy atom. The number of benzene rings is 1. The lowest BCUT2D eigenvalue weighted by molar-refractivity contribution is -0.154. The van der Waals surface area contributed by atoms with Crippen molar-refractivity contribution in [2.45, 2.75) is 38.3 Å². The van der Waals surface area contributed by atoms with E-state index in [0.717, 1.165) is 11.3 Å². The zero-order chi connectivity index (χ0) is 20.3. The van der Waals surface area contributed by atoms with Gasteiger partial charge in [0.15, 0.2) is 0 Å². The van der Waals surface area contributed by atoms with Gasteiger partial charge in [-0.05, 0) is 12.1 Å². The predicted octanol–water partition coefficient (Wildman–Crippen LogP) is 2.12. The molecule has 28 heavy (non-hydrogen) atoms. The molecule has 10 heteroatoms. The van der Waals surface area contributed by atoms with Gasteiger partial charge in [0.05, 0.1) is 28.1 Å². The number of thiazole rings is 1. The van der Waals surface area contributed by atoms with Crippen molar-refractivity contribution < 1.29 is 24.2 Å². The molecule has 1 amide bonds. The number of halogens is 1. The van der Waals surface area contributed by atoms with Crippen LogP contribution in [-0.2, 0) is 25.7 Å². The van der Waals surface area contributed by atoms with Gasteiger partial charge in [-0.1, -0.05) is 29.0 Å². The molecular weight excluding hydrogens is 408 g/mol. The average molecular weight is 427 g/mol. The molecule has 3 rings (SSSR count). The van der Waals surface area contributed by atoms with E-state index in [2.05, 4.69) is 0 Å². The number of ether oxygens (including phenoxy) is 1. The Bertz CT molecular complexity index is 961. The number of carboxylic acid groups (broad SMARTS) is 1. The van der Waals surface area contributed by atoms with Crippen LogP contribution in [0.2, 0.25) is 5.02 Å². The van der Waals surface area contributed by atoms with E-state index in [-0.39, 0.29) is 36.3 Å². The van der Waals surface area contributed by atoms with Gasteiger partial charge in [-0.2, -0.15) is 0 Å². The summed E-state index contributed by atoms with van der Waals surface area (Å²) in [6, 6.07) is 5.20. The van der Waals surface area contributed by atoms with Gasteiger partial charge in [-0.3, -0.25) is 23.7 Å². The van der Waals surface area contributed by atoms with Gasteiger partial charge >= 0.3 is 16.8 Å². The normalized spacial score (nSPS) is 15.0. The monoisotopic (exact) mass is 426 g/mol. The lowest BCUT2D eigenvalue weighted by atomic mass is 10.1. The van der Waals surface area contributed by atoms with Gasteiger partial charge in [0.2, 0.25) is 5.91 Å². The van der Waals surface area contributed by atoms with E-state index >= 15 is 0 Å². The number of rotatable bonds is 6. The maximum absolute atomic E-state index is 12.6. The molecule has 0 aliphatic carbocycles. The Morgan fingerprint density at radius 1 is 1.21 bits per heavy atom. The van der Waals surface area contributed by atoms with Gasteiger partial charge in [0.25, 0.3) is 0 Å². The second-order valence-corrected chi connectivity index (χ2v) is 7.87. The summed E-state index contributed by atoms with van der Waals surface area (Å²) < 4.78 is 7.34. The summed E-state index contributed by atoms with van der Waals surface area (Å²) in [5, 5.41) is 9.07. The number of aromatic nitrogens is 1. The standard InChI is InChI=1S/C18H19ClN2O6S/c19-12-2-1-3-13-17(12)28-18(26)21(13)10-14(22)20-8-6-11(7-9-20)27-16(25)5-4-15(23)24/h1-3,11H,4-10H2,(H,23,24). The molecule has 150 valence electrons. The third-order valence-corrected chi connectivity index (χ3v) is 6.03. The Kier molecular flexibility index (Phi) is 6.35. The maximum Gasteiger partial charge on any atom is 0.308 e. The molecule has 0 bridgehead atoms. The molecular formula is C18H19ClN2O6S. The fraction of sp³-hybridized carbons (Fsp3) is 0.444. The predicted molar refractivity (Wildman–Crippen MR) is 104 cm³/mol. The summed E-state index contributed by atoms with van der Waals surface area (Å²) >= 11 is 7.13. The SMILES string of the molecule is O=C(O)CCC(=O)OC1CCN(C(=O)Cn2c(=O)sc3c(Cl)cccc32)CC1. The van der Waals surface area contributed by atoms with E-state index in [1.807, 2.05) is 0 Å². The van der Waals surface area contributed by atoms with Crippen LogP contribution in [0.1, 0.15) is 25.7 Å². The van der Waals surface area contributed by atoms with Crippen LogP contribution in [0.4, 0.5) is 0 Å². The van der Waals surface area contributed by atoms with Crippen LogP contribution in [0.15, 0.2) is 23.0 Å². The summed E-state index contributed by atoms with van der Waals surface area (Å²) in [4.78, 5) is 48.4. The van der Waals surface area contributed by atoms with Crippen LogP contribution < -0.4 is 4.87 Å². The maximum atomic E-state index is 12.6. The van der Waals surface area contributed by atoms with Crippen LogP contribution in [0.5, 0.6) is 0 Å². The average Bonchev–Trinajstić information content (AvgIpc) is 2.98. The fourth-order valence-corrected chi connectivity index (χ4v) is 4.29. The van der Waals surface area contributed by atoms with Gasteiger partial charge in [0.1, 0.15) is 12.6 Å². The third-order valence-electron chi connectivity index (χ3n) is 4.58. The molecule has 1 aliphatic heterocycles. The van der Waals surface area contributed by atoms with E-state index in [0.29, 0.717) is 41.2 Å². The molecule has 1 N–H and O–H groups in total. The number of esters is 1. The molecule has 1 aromatic carbocycles. The molecule has 1 aromatic heterocycles. The van der Waals surface area contributed by atoms with Crippen molar-refractivity contribution >= 4 is 51.0 Å². The van der Waals surface area contributed by atoms with Crippen LogP contribution in [0.25, 0.3) is 10.2 Å². The highest BCUT2D eigenvalue weighted by atomic mass is 35.5. The van der Waals surface area contributed by atoms with Gasteiger partial charge in [-0.25, -0.2) is 0 Å². The third kappa shape index (κ3) is 4.71. The lowest BCUT2D eigenvalue weighted by Crippen LogP contribution is -2.43. The van der Waals surface area contributed by atoms with Crippen LogP contribution in [0.3, 0.4) is 0 Å². The molecule has 1 saturated heterocycles. The largest absolute Gasteiger partial charge is 0.481 e. The van der Waals surface area contributed by atoms with Gasteiger partial charge in [0, 0.05) is 25.9 Å². The van der Waals surface area contributed by atoms with Crippen LogP contribution in [0, 0.1) is 0 Å². The highest BCUT2D eigenvalue weighted by Crippen LogP contribution is 2.26. The van der Waals surface area contributed by atoms with E-state index in [9.17, 15) is 19.2 Å². The number of likely N-dealkylation sites (tertiary alicyclic amines) is 1. The molecule has 2 heterocycles. The smallest absolute Gasteiger partial charge is 0.308 e. The Labute approximate surface area is 169 Å². The number of nitrogens with zero attached hydrogens (tertiary/aromatic N) is 2. The molecule has 0 saturated carbocycles. The molecule has 0 radical (unpaired) electrons. The Hall–Kier alpha value is -2.39. The van der Waals surface area contributed by atoms with E-state index < -0.39 is 11.9 Å². The number of hydrogen-bond donors (Lipinski definition) is 1. The van der Waals surface area contributed by atoms with Crippen molar-refractivity contribution in [2.24, 2.45) is 0 Å². The summed E-state index contributed by atoms with van der Waals surface area (Å²) in [6.07, 6.45) is 0.217. The number of aliphatic carboxylic acids is 1. The Morgan fingerprint density at radius 3 is 2.61 bits per heavy atom. The minimum atomic E-state index is -1.05. The van der Waals surface area contributed by atoms with Crippen molar-refractivity contribution in [3.8, 4) is 0 Å². The van der Waals surface area contributed by atoms with E-state index in [1.165, 1.54) is 4.57 Å². The summed E-state index contributed by atoms with van der Waals surface area (Å²) in [5.74, 6) is -1.77. The van der Waals surface area contributed by atoms with Crippen molar-refractivity contribution in [3.63, 3.8) is 0 Å². The topological polar surface area (TPSA) is 106 Å². The zero-order valence-corrected chi connectivity index (χ0v) is 16.5. The van der Waals surface area contributed by atoms with Crippen molar-refractivity contribution in [1.29, 1.82) is 0 Å². The van der Waals surface area contributed by atoms with E-state index in [1.54, 1.807) is 23.1 Å². The number of hydrogen-bond acceptors (Lipinski definition) is 6. The number of carbonyl (C=O) groups excluding carboxylic acids is 2. The first kappa shape index (κ1) is 20.3. The minimum absolute atomic E-state index is 0.0672. The molecule has 1 aliphatic rings. The van der Waals surface area contributed by atoms with Crippen LogP contribution in [-0.4, -0.2) is 51.6 Å². The fourth-order valence-electron chi connectivity index (χ4n) is 3.11. The quantitative estimate of drug-likeness (QED) is 0.709. The van der Waals surface area contributed by atoms with Crippen LogP contribution >= 0.6 is 22.9 Å². The van der Waals surface area contributed by atoms with Gasteiger partial charge in [-0.15, -0.1) is 0 Å². The molecule has 8 nitrogen and oxygen atoms in total. The van der Waals surface area contributed by atoms with Crippen molar-refractivity contribution in [1.82, 2.24) is 9.47 Å². The molecule has 0 atom stereocenters. The second kappa shape index (κ2) is 8.74. The lowest BCUT2D eigenvalue weighted by Gasteiger charge is -2.31. The number of fused-ring (bicyclic) bond motifs is 1. The molecule has 0 unspecified atom stereocenters. The molecule has 1 fully saturated rings. The number of piperidine rings is 1. The first-order chi connectivity index (χ1) is 13.3. The number of carboxylic acids is 1. The molecule has 2 aromatic rings. The summed E-state index contributed by atoms with van der Waals surface area (Å²) in [7, 11) is 0.